The van der Waals surface area contributed by atoms with Crippen LogP contribution in [0.3, 0.4) is 0 Å². The highest BCUT2D eigenvalue weighted by molar-refractivity contribution is 5.95. The number of anilines is 1. The highest BCUT2D eigenvalue weighted by atomic mass is 16.6. The minimum Gasteiger partial charge on any atom is -0.378 e. The predicted octanol–water partition coefficient (Wildman–Crippen LogP) is 0.366. The third-order valence-electron chi connectivity index (χ3n) is 4.60. The van der Waals surface area contributed by atoms with E-state index < -0.39 is 4.92 Å². The summed E-state index contributed by atoms with van der Waals surface area (Å²) in [5.74, 6) is -0.330. The number of amides is 1. The van der Waals surface area contributed by atoms with Gasteiger partial charge in [0, 0.05) is 64.0 Å². The van der Waals surface area contributed by atoms with Gasteiger partial charge in [-0.1, -0.05) is 0 Å². The maximum absolute atomic E-state index is 11.6. The normalized spacial score (nSPS) is 25.9. The number of hydrogen-bond acceptors (Lipinski definition) is 6. The summed E-state index contributed by atoms with van der Waals surface area (Å²) in [6.45, 7) is 6.00. The number of piperazine rings is 3. The Labute approximate surface area is 134 Å². The smallest absolute Gasteiger partial charge is 0.293 e. The molecule has 3 fully saturated rings. The number of hydrogen-bond donors (Lipinski definition) is 2. The largest absolute Gasteiger partial charge is 0.378 e. The van der Waals surface area contributed by atoms with Gasteiger partial charge in [-0.25, -0.2) is 0 Å². The van der Waals surface area contributed by atoms with Crippen molar-refractivity contribution in [1.29, 1.82) is 0 Å². The molecule has 1 aromatic rings. The van der Waals surface area contributed by atoms with Crippen molar-refractivity contribution in [3.05, 3.63) is 33.9 Å². The number of nitro benzene ring substituents is 1. The van der Waals surface area contributed by atoms with Crippen molar-refractivity contribution in [3.63, 3.8) is 0 Å². The molecule has 0 radical (unpaired) electrons. The first-order chi connectivity index (χ1) is 11.1. The highest BCUT2D eigenvalue weighted by Crippen LogP contribution is 2.26. The van der Waals surface area contributed by atoms with Crippen LogP contribution in [0.25, 0.3) is 0 Å². The molecule has 3 aliphatic heterocycles. The third kappa shape index (κ3) is 3.27. The molecule has 1 aromatic carbocycles. The number of carbonyl (C=O) groups excluding carboxylic acids is 1. The number of rotatable bonds is 5. The Hall–Kier alpha value is -2.19. The molecule has 3 saturated heterocycles. The zero-order chi connectivity index (χ0) is 16.4. The molecule has 8 nitrogen and oxygen atoms in total. The van der Waals surface area contributed by atoms with Gasteiger partial charge in [-0.15, -0.1) is 0 Å². The van der Waals surface area contributed by atoms with E-state index in [2.05, 4.69) is 20.4 Å². The maximum atomic E-state index is 11.6. The van der Waals surface area contributed by atoms with Crippen LogP contribution in [0, 0.1) is 10.1 Å². The Bertz CT molecular complexity index is 613. The lowest BCUT2D eigenvalue weighted by Gasteiger charge is -2.47. The van der Waals surface area contributed by atoms with E-state index >= 15 is 0 Å². The Morgan fingerprint density at radius 1 is 1.35 bits per heavy atom. The van der Waals surface area contributed by atoms with Crippen molar-refractivity contribution in [2.24, 2.45) is 0 Å². The van der Waals surface area contributed by atoms with Crippen molar-refractivity contribution in [1.82, 2.24) is 15.1 Å². The van der Waals surface area contributed by atoms with Gasteiger partial charge in [0.05, 0.1) is 4.92 Å². The zero-order valence-electron chi connectivity index (χ0n) is 13.1. The molecule has 1 amide bonds. The molecular formula is C15H21N5O3. The number of nitro groups is 1. The van der Waals surface area contributed by atoms with Crippen molar-refractivity contribution in [3.8, 4) is 0 Å². The first-order valence-electron chi connectivity index (χ1n) is 7.79. The molecule has 1 atom stereocenters. The van der Waals surface area contributed by atoms with E-state index in [1.165, 1.54) is 13.1 Å². The third-order valence-corrected chi connectivity index (χ3v) is 4.60. The van der Waals surface area contributed by atoms with Crippen LogP contribution >= 0.6 is 0 Å². The molecule has 2 bridgehead atoms. The molecule has 8 heteroatoms. The van der Waals surface area contributed by atoms with E-state index in [1.807, 2.05) is 0 Å². The van der Waals surface area contributed by atoms with Gasteiger partial charge in [0.2, 0.25) is 0 Å². The van der Waals surface area contributed by atoms with Gasteiger partial charge in [-0.3, -0.25) is 24.7 Å². The Balaban J connectivity index is 1.72. The van der Waals surface area contributed by atoms with Crippen LogP contribution in [-0.2, 0) is 0 Å². The molecule has 2 N–H and O–H groups in total. The lowest BCUT2D eigenvalue weighted by Crippen LogP contribution is -2.62. The highest BCUT2D eigenvalue weighted by Gasteiger charge is 2.31. The van der Waals surface area contributed by atoms with E-state index in [9.17, 15) is 14.9 Å². The van der Waals surface area contributed by atoms with Crippen LogP contribution in [0.15, 0.2) is 18.2 Å². The number of benzene rings is 1. The summed E-state index contributed by atoms with van der Waals surface area (Å²) in [5, 5.41) is 16.9. The summed E-state index contributed by atoms with van der Waals surface area (Å²) < 4.78 is 0. The standard InChI is InChI=1S/C15H21N5O3/c1-16-15(21)11-2-3-13(14(8-11)20(22)23)17-9-12-10-18-4-6-19(12)7-5-18/h2-3,8,12,17H,4-7,9-10H2,1H3,(H,16,21). The summed E-state index contributed by atoms with van der Waals surface area (Å²) in [5.41, 5.74) is 0.680. The summed E-state index contributed by atoms with van der Waals surface area (Å²) >= 11 is 0. The van der Waals surface area contributed by atoms with Gasteiger partial charge in [0.25, 0.3) is 11.6 Å². The second-order valence-corrected chi connectivity index (χ2v) is 5.94. The molecular weight excluding hydrogens is 298 g/mol. The first kappa shape index (κ1) is 15.7. The number of nitrogens with one attached hydrogen (secondary N) is 2. The lowest BCUT2D eigenvalue weighted by molar-refractivity contribution is -0.384. The van der Waals surface area contributed by atoms with E-state index in [1.54, 1.807) is 12.1 Å². The maximum Gasteiger partial charge on any atom is 0.293 e. The number of fused-ring (bicyclic) bond motifs is 3. The zero-order valence-corrected chi connectivity index (χ0v) is 13.1. The summed E-state index contributed by atoms with van der Waals surface area (Å²) in [7, 11) is 1.50. The Morgan fingerprint density at radius 2 is 2.09 bits per heavy atom. The number of carbonyl (C=O) groups is 1. The second kappa shape index (κ2) is 6.51. The SMILES string of the molecule is CNC(=O)c1ccc(NCC2CN3CCN2CC3)c([N+](=O)[O-])c1. The minimum atomic E-state index is -0.453. The van der Waals surface area contributed by atoms with E-state index in [-0.39, 0.29) is 17.2 Å². The van der Waals surface area contributed by atoms with Crippen molar-refractivity contribution in [2.45, 2.75) is 6.04 Å². The molecule has 3 heterocycles. The van der Waals surface area contributed by atoms with Crippen LogP contribution in [0.5, 0.6) is 0 Å². The van der Waals surface area contributed by atoms with Gasteiger partial charge in [0.15, 0.2) is 0 Å². The van der Waals surface area contributed by atoms with Crippen LogP contribution in [0.2, 0.25) is 0 Å². The molecule has 1 unspecified atom stereocenters. The Morgan fingerprint density at radius 3 is 2.65 bits per heavy atom. The van der Waals surface area contributed by atoms with E-state index in [4.69, 9.17) is 0 Å². The topological polar surface area (TPSA) is 90.8 Å². The van der Waals surface area contributed by atoms with Crippen LogP contribution in [-0.4, -0.2) is 73.0 Å². The second-order valence-electron chi connectivity index (χ2n) is 5.94. The molecule has 0 spiro atoms. The van der Waals surface area contributed by atoms with Crippen LogP contribution < -0.4 is 10.6 Å². The van der Waals surface area contributed by atoms with Crippen LogP contribution in [0.4, 0.5) is 11.4 Å². The molecule has 124 valence electrons. The average Bonchev–Trinajstić information content (AvgIpc) is 2.60. The van der Waals surface area contributed by atoms with Crippen molar-refractivity contribution >= 4 is 17.3 Å². The average molecular weight is 319 g/mol. The van der Waals surface area contributed by atoms with Crippen LogP contribution in [0.1, 0.15) is 10.4 Å². The monoisotopic (exact) mass is 319 g/mol. The van der Waals surface area contributed by atoms with E-state index in [0.717, 1.165) is 32.7 Å². The van der Waals surface area contributed by atoms with Crippen molar-refractivity contribution < 1.29 is 9.72 Å². The fourth-order valence-electron chi connectivity index (χ4n) is 3.26. The summed E-state index contributed by atoms with van der Waals surface area (Å²) in [6.07, 6.45) is 0. The molecule has 3 aliphatic rings. The minimum absolute atomic E-state index is 0.0672. The quantitative estimate of drug-likeness (QED) is 0.602. The lowest BCUT2D eigenvalue weighted by atomic mass is 10.1. The van der Waals surface area contributed by atoms with Gasteiger partial charge in [0.1, 0.15) is 5.69 Å². The van der Waals surface area contributed by atoms with Gasteiger partial charge < -0.3 is 10.6 Å². The van der Waals surface area contributed by atoms with Gasteiger partial charge >= 0.3 is 0 Å². The molecule has 0 saturated carbocycles. The molecule has 0 aromatic heterocycles. The molecule has 0 aliphatic carbocycles. The molecule has 23 heavy (non-hydrogen) atoms. The van der Waals surface area contributed by atoms with E-state index in [0.29, 0.717) is 18.3 Å². The fraction of sp³-hybridized carbons (Fsp3) is 0.533. The summed E-state index contributed by atoms with van der Waals surface area (Å²) in [4.78, 5) is 27.3. The summed E-state index contributed by atoms with van der Waals surface area (Å²) in [6, 6.07) is 4.90. The fourth-order valence-corrected chi connectivity index (χ4v) is 3.26. The van der Waals surface area contributed by atoms with Gasteiger partial charge in [-0.2, -0.15) is 0 Å². The first-order valence-corrected chi connectivity index (χ1v) is 7.79. The van der Waals surface area contributed by atoms with Crippen molar-refractivity contribution in [2.75, 3.05) is 51.6 Å². The molecule has 4 rings (SSSR count). The Kier molecular flexibility index (Phi) is 4.44. The van der Waals surface area contributed by atoms with Gasteiger partial charge in [-0.05, 0) is 12.1 Å². The predicted molar refractivity (Wildman–Crippen MR) is 86.8 cm³/mol. The number of nitrogens with zero attached hydrogens (tertiary/aromatic N) is 3.